The van der Waals surface area contributed by atoms with E-state index in [1.165, 1.54) is 16.7 Å². The molecule has 0 aliphatic carbocycles. The molecular formula is C19H21NO4. The Morgan fingerprint density at radius 3 is 2.46 bits per heavy atom. The average molecular weight is 327 g/mol. The zero-order valence-corrected chi connectivity index (χ0v) is 13.7. The number of methoxy groups -OCH3 is 1. The number of hydrogen-bond donors (Lipinski definition) is 1. The third-order valence-electron chi connectivity index (χ3n) is 4.67. The summed E-state index contributed by atoms with van der Waals surface area (Å²) < 4.78 is 16.1. The van der Waals surface area contributed by atoms with Crippen molar-refractivity contribution in [2.75, 3.05) is 20.4 Å². The average Bonchev–Trinajstić information content (AvgIpc) is 3.19. The van der Waals surface area contributed by atoms with Gasteiger partial charge in [-0.05, 0) is 60.3 Å². The first kappa shape index (κ1) is 15.1. The molecule has 0 radical (unpaired) electrons. The van der Waals surface area contributed by atoms with Gasteiger partial charge in [0.2, 0.25) is 6.79 Å². The molecule has 0 saturated heterocycles. The minimum atomic E-state index is 0.189. The Morgan fingerprint density at radius 1 is 1.08 bits per heavy atom. The smallest absolute Gasteiger partial charge is 0.231 e. The zero-order chi connectivity index (χ0) is 16.5. The lowest BCUT2D eigenvalue weighted by atomic mass is 10.1. The second kappa shape index (κ2) is 6.24. The molecular weight excluding hydrogens is 306 g/mol. The largest absolute Gasteiger partial charge is 0.504 e. The second-order valence-corrected chi connectivity index (χ2v) is 6.29. The second-order valence-electron chi connectivity index (χ2n) is 6.29. The molecule has 0 aromatic heterocycles. The Morgan fingerprint density at radius 2 is 1.79 bits per heavy atom. The van der Waals surface area contributed by atoms with Crippen LogP contribution in [-0.4, -0.2) is 30.5 Å². The predicted octanol–water partition coefficient (Wildman–Crippen LogP) is 3.08. The quantitative estimate of drug-likeness (QED) is 0.914. The minimum Gasteiger partial charge on any atom is -0.504 e. The fourth-order valence-corrected chi connectivity index (χ4v) is 3.40. The summed E-state index contributed by atoms with van der Waals surface area (Å²) in [7, 11) is 1.57. The molecule has 126 valence electrons. The van der Waals surface area contributed by atoms with Crippen LogP contribution in [0.2, 0.25) is 0 Å². The summed E-state index contributed by atoms with van der Waals surface area (Å²) in [5.74, 6) is 2.46. The lowest BCUT2D eigenvalue weighted by molar-refractivity contribution is 0.173. The van der Waals surface area contributed by atoms with Crippen molar-refractivity contribution in [1.29, 1.82) is 0 Å². The van der Waals surface area contributed by atoms with Gasteiger partial charge >= 0.3 is 0 Å². The first-order chi connectivity index (χ1) is 11.7. The van der Waals surface area contributed by atoms with Gasteiger partial charge in [-0.2, -0.15) is 0 Å². The highest BCUT2D eigenvalue weighted by Crippen LogP contribution is 2.38. The molecule has 0 spiro atoms. The van der Waals surface area contributed by atoms with Crippen molar-refractivity contribution in [2.45, 2.75) is 25.9 Å². The molecule has 24 heavy (non-hydrogen) atoms. The van der Waals surface area contributed by atoms with Crippen molar-refractivity contribution in [3.63, 3.8) is 0 Å². The van der Waals surface area contributed by atoms with E-state index in [0.29, 0.717) is 12.5 Å². The van der Waals surface area contributed by atoms with Crippen LogP contribution in [0.15, 0.2) is 30.3 Å². The molecule has 2 aliphatic heterocycles. The van der Waals surface area contributed by atoms with Crippen LogP contribution < -0.4 is 14.2 Å². The third kappa shape index (κ3) is 2.87. The van der Waals surface area contributed by atoms with Gasteiger partial charge < -0.3 is 19.3 Å². The van der Waals surface area contributed by atoms with Crippen LogP contribution in [0.5, 0.6) is 23.0 Å². The number of rotatable bonds is 5. The van der Waals surface area contributed by atoms with Crippen LogP contribution in [-0.2, 0) is 19.5 Å². The van der Waals surface area contributed by atoms with E-state index in [2.05, 4.69) is 17.0 Å². The predicted molar refractivity (Wildman–Crippen MR) is 89.7 cm³/mol. The molecule has 5 heteroatoms. The van der Waals surface area contributed by atoms with Gasteiger partial charge in [-0.1, -0.05) is 6.07 Å². The highest BCUT2D eigenvalue weighted by Gasteiger charge is 2.23. The lowest BCUT2D eigenvalue weighted by Gasteiger charge is -2.14. The van der Waals surface area contributed by atoms with Gasteiger partial charge in [0.25, 0.3) is 0 Å². The van der Waals surface area contributed by atoms with E-state index in [0.717, 1.165) is 44.0 Å². The Balaban J connectivity index is 1.33. The maximum Gasteiger partial charge on any atom is 0.231 e. The van der Waals surface area contributed by atoms with Gasteiger partial charge in [-0.3, -0.25) is 4.90 Å². The maximum atomic E-state index is 9.65. The van der Waals surface area contributed by atoms with E-state index in [4.69, 9.17) is 14.2 Å². The van der Waals surface area contributed by atoms with Crippen molar-refractivity contribution >= 4 is 0 Å². The highest BCUT2D eigenvalue weighted by molar-refractivity contribution is 5.50. The van der Waals surface area contributed by atoms with E-state index in [1.54, 1.807) is 13.2 Å². The number of benzene rings is 2. The summed E-state index contributed by atoms with van der Waals surface area (Å²) in [5.41, 5.74) is 3.86. The molecule has 1 N–H and O–H groups in total. The van der Waals surface area contributed by atoms with Crippen molar-refractivity contribution in [3.05, 3.63) is 47.0 Å². The Bertz CT molecular complexity index is 726. The number of ether oxygens (including phenoxy) is 3. The summed E-state index contributed by atoms with van der Waals surface area (Å²) in [4.78, 5) is 2.44. The number of phenolic OH excluding ortho intramolecular Hbond substituents is 1. The van der Waals surface area contributed by atoms with Gasteiger partial charge in [-0.25, -0.2) is 0 Å². The van der Waals surface area contributed by atoms with Crippen molar-refractivity contribution < 1.29 is 19.3 Å². The molecule has 0 unspecified atom stereocenters. The Kier molecular flexibility index (Phi) is 3.94. The molecule has 2 aromatic carbocycles. The molecule has 2 aliphatic rings. The number of nitrogens with zero attached hydrogens (tertiary/aromatic N) is 1. The van der Waals surface area contributed by atoms with Gasteiger partial charge in [-0.15, -0.1) is 0 Å². The molecule has 5 nitrogen and oxygen atoms in total. The van der Waals surface area contributed by atoms with E-state index in [1.807, 2.05) is 12.1 Å². The molecule has 4 rings (SSSR count). The van der Waals surface area contributed by atoms with Crippen LogP contribution in [0.3, 0.4) is 0 Å². The van der Waals surface area contributed by atoms with E-state index in [-0.39, 0.29) is 5.75 Å². The van der Waals surface area contributed by atoms with Crippen molar-refractivity contribution in [2.24, 2.45) is 0 Å². The number of phenols is 1. The Labute approximate surface area is 141 Å². The van der Waals surface area contributed by atoms with E-state index in [9.17, 15) is 5.11 Å². The SMILES string of the molecule is COc1cc(CCCN2Cc3cc4c(cc3C2)OCO4)ccc1O. The van der Waals surface area contributed by atoms with Crippen LogP contribution >= 0.6 is 0 Å². The highest BCUT2D eigenvalue weighted by atomic mass is 16.7. The molecule has 0 fully saturated rings. The zero-order valence-electron chi connectivity index (χ0n) is 13.7. The molecule has 0 saturated carbocycles. The summed E-state index contributed by atoms with van der Waals surface area (Å²) in [5, 5.41) is 9.65. The van der Waals surface area contributed by atoms with Crippen molar-refractivity contribution in [3.8, 4) is 23.0 Å². The molecule has 0 atom stereocenters. The summed E-state index contributed by atoms with van der Waals surface area (Å²) in [6, 6.07) is 9.79. The molecule has 2 heterocycles. The summed E-state index contributed by atoms with van der Waals surface area (Å²) in [6.07, 6.45) is 2.03. The lowest BCUT2D eigenvalue weighted by Crippen LogP contribution is -2.18. The van der Waals surface area contributed by atoms with Crippen LogP contribution in [0.1, 0.15) is 23.1 Å². The first-order valence-electron chi connectivity index (χ1n) is 8.22. The monoisotopic (exact) mass is 327 g/mol. The fourth-order valence-electron chi connectivity index (χ4n) is 3.40. The van der Waals surface area contributed by atoms with E-state index >= 15 is 0 Å². The number of aryl methyl sites for hydroxylation is 1. The van der Waals surface area contributed by atoms with Gasteiger partial charge in [0, 0.05) is 13.1 Å². The standard InChI is InChI=1S/C19H21NO4/c1-22-17-7-13(4-5-16(17)21)3-2-6-20-10-14-8-18-19(24-12-23-18)9-15(14)11-20/h4-5,7-9,21H,2-3,6,10-12H2,1H3. The van der Waals surface area contributed by atoms with Crippen LogP contribution in [0, 0.1) is 0 Å². The Hall–Kier alpha value is -2.40. The maximum absolute atomic E-state index is 9.65. The molecule has 0 amide bonds. The first-order valence-corrected chi connectivity index (χ1v) is 8.22. The van der Waals surface area contributed by atoms with Crippen LogP contribution in [0.4, 0.5) is 0 Å². The van der Waals surface area contributed by atoms with Crippen LogP contribution in [0.25, 0.3) is 0 Å². The minimum absolute atomic E-state index is 0.189. The number of aromatic hydroxyl groups is 1. The fraction of sp³-hybridized carbons (Fsp3) is 0.368. The topological polar surface area (TPSA) is 51.2 Å². The van der Waals surface area contributed by atoms with Crippen molar-refractivity contribution in [1.82, 2.24) is 4.90 Å². The molecule has 0 bridgehead atoms. The number of fused-ring (bicyclic) bond motifs is 2. The summed E-state index contributed by atoms with van der Waals surface area (Å²) in [6.45, 7) is 3.29. The van der Waals surface area contributed by atoms with Gasteiger partial charge in [0.15, 0.2) is 23.0 Å². The normalized spacial score (nSPS) is 15.5. The van der Waals surface area contributed by atoms with Gasteiger partial charge in [0.05, 0.1) is 7.11 Å². The third-order valence-corrected chi connectivity index (χ3v) is 4.67. The van der Waals surface area contributed by atoms with Gasteiger partial charge in [0.1, 0.15) is 0 Å². The number of hydrogen-bond acceptors (Lipinski definition) is 5. The summed E-state index contributed by atoms with van der Waals surface area (Å²) >= 11 is 0. The van der Waals surface area contributed by atoms with E-state index < -0.39 is 0 Å². The molecule has 2 aromatic rings.